The van der Waals surface area contributed by atoms with Crippen molar-refractivity contribution in [3.05, 3.63) is 35.0 Å². The molecule has 0 radical (unpaired) electrons. The predicted molar refractivity (Wildman–Crippen MR) is 80.9 cm³/mol. The summed E-state index contributed by atoms with van der Waals surface area (Å²) in [6.07, 6.45) is 0. The van der Waals surface area contributed by atoms with Crippen molar-refractivity contribution in [2.24, 2.45) is 0 Å². The Morgan fingerprint density at radius 2 is 1.95 bits per heavy atom. The number of nitrogens with zero attached hydrogens (tertiary/aromatic N) is 2. The van der Waals surface area contributed by atoms with Gasteiger partial charge in [0.1, 0.15) is 11.4 Å². The molecule has 0 amide bonds. The van der Waals surface area contributed by atoms with Crippen LogP contribution in [0.1, 0.15) is 35.5 Å². The van der Waals surface area contributed by atoms with E-state index in [1.807, 2.05) is 39.8 Å². The average Bonchev–Trinajstić information content (AvgIpc) is 2.87. The topological polar surface area (TPSA) is 64.3 Å². The molecule has 2 aromatic rings. The van der Waals surface area contributed by atoms with E-state index in [1.165, 1.54) is 4.68 Å². The van der Waals surface area contributed by atoms with E-state index in [-0.39, 0.29) is 5.69 Å². The molecule has 0 saturated carbocycles. The Morgan fingerprint density at radius 3 is 2.48 bits per heavy atom. The summed E-state index contributed by atoms with van der Waals surface area (Å²) in [7, 11) is 0. The zero-order chi connectivity index (χ0) is 15.6. The van der Waals surface area contributed by atoms with Crippen LogP contribution in [0.5, 0.6) is 5.75 Å². The zero-order valence-corrected chi connectivity index (χ0v) is 12.8. The molecule has 0 unspecified atom stereocenters. The van der Waals surface area contributed by atoms with E-state index in [0.717, 1.165) is 22.4 Å². The number of ether oxygens (including phenoxy) is 1. The minimum Gasteiger partial charge on any atom is -0.494 e. The van der Waals surface area contributed by atoms with E-state index in [2.05, 4.69) is 5.10 Å². The van der Waals surface area contributed by atoms with Crippen molar-refractivity contribution in [2.75, 3.05) is 6.61 Å². The average molecular weight is 288 g/mol. The quantitative estimate of drug-likeness (QED) is 0.917. The van der Waals surface area contributed by atoms with Gasteiger partial charge in [-0.15, -0.1) is 0 Å². The van der Waals surface area contributed by atoms with E-state index in [9.17, 15) is 9.90 Å². The van der Waals surface area contributed by atoms with Gasteiger partial charge in [0, 0.05) is 12.1 Å². The van der Waals surface area contributed by atoms with Crippen molar-refractivity contribution < 1.29 is 14.6 Å². The third-order valence-electron chi connectivity index (χ3n) is 3.40. The summed E-state index contributed by atoms with van der Waals surface area (Å²) in [6.45, 7) is 8.92. The maximum absolute atomic E-state index is 11.2. The number of rotatable bonds is 5. The number of carbonyl (C=O) groups is 1. The summed E-state index contributed by atoms with van der Waals surface area (Å²) in [5, 5.41) is 13.6. The third-order valence-corrected chi connectivity index (χ3v) is 3.40. The highest BCUT2D eigenvalue weighted by atomic mass is 16.5. The predicted octanol–water partition coefficient (Wildman–Crippen LogP) is 3.28. The van der Waals surface area contributed by atoms with Gasteiger partial charge in [0.15, 0.2) is 0 Å². The summed E-state index contributed by atoms with van der Waals surface area (Å²) in [5.74, 6) is -0.108. The molecular weight excluding hydrogens is 268 g/mol. The summed E-state index contributed by atoms with van der Waals surface area (Å²) < 4.78 is 7.08. The van der Waals surface area contributed by atoms with Crippen LogP contribution >= 0.6 is 0 Å². The first-order chi connectivity index (χ1) is 9.97. The number of carboxylic acid groups (broad SMARTS) is 1. The normalized spacial score (nSPS) is 10.7. The van der Waals surface area contributed by atoms with Crippen LogP contribution in [0.3, 0.4) is 0 Å². The fourth-order valence-corrected chi connectivity index (χ4v) is 2.34. The lowest BCUT2D eigenvalue weighted by atomic mass is 10.0. The number of hydrogen-bond acceptors (Lipinski definition) is 3. The Bertz CT molecular complexity index is 674. The molecule has 0 saturated heterocycles. The summed E-state index contributed by atoms with van der Waals surface area (Å²) in [4.78, 5) is 11.2. The monoisotopic (exact) mass is 288 g/mol. The van der Waals surface area contributed by atoms with Gasteiger partial charge in [0.05, 0.1) is 12.3 Å². The van der Waals surface area contributed by atoms with E-state index < -0.39 is 5.97 Å². The van der Waals surface area contributed by atoms with Gasteiger partial charge < -0.3 is 9.84 Å². The molecule has 5 heteroatoms. The lowest BCUT2D eigenvalue weighted by Crippen LogP contribution is -2.08. The highest BCUT2D eigenvalue weighted by Gasteiger charge is 2.16. The van der Waals surface area contributed by atoms with E-state index in [1.54, 1.807) is 6.07 Å². The van der Waals surface area contributed by atoms with Gasteiger partial charge in [-0.1, -0.05) is 0 Å². The first-order valence-electron chi connectivity index (χ1n) is 7.03. The summed E-state index contributed by atoms with van der Waals surface area (Å²) >= 11 is 0. The van der Waals surface area contributed by atoms with Gasteiger partial charge in [-0.25, -0.2) is 4.79 Å². The summed E-state index contributed by atoms with van der Waals surface area (Å²) in [6, 6.07) is 5.59. The standard InChI is InChI=1S/C16H20N2O3/c1-5-18-14(16(19)20)9-13(17-18)12-7-11(4)15(21-6-2)8-10(12)3/h7-9H,5-6H2,1-4H3,(H,19,20). The third kappa shape index (κ3) is 2.91. The van der Waals surface area contributed by atoms with Crippen LogP contribution in [0.4, 0.5) is 0 Å². The Kier molecular flexibility index (Phi) is 4.31. The van der Waals surface area contributed by atoms with E-state index in [4.69, 9.17) is 4.74 Å². The molecule has 1 aromatic heterocycles. The highest BCUT2D eigenvalue weighted by Crippen LogP contribution is 2.30. The molecule has 0 spiro atoms. The van der Waals surface area contributed by atoms with Crippen LogP contribution in [0.15, 0.2) is 18.2 Å². The number of aromatic carboxylic acids is 1. The van der Waals surface area contributed by atoms with Gasteiger partial charge in [0.25, 0.3) is 0 Å². The Morgan fingerprint density at radius 1 is 1.24 bits per heavy atom. The van der Waals surface area contributed by atoms with Gasteiger partial charge in [-0.05, 0) is 57.0 Å². The molecule has 0 fully saturated rings. The Hall–Kier alpha value is -2.30. The van der Waals surface area contributed by atoms with Crippen LogP contribution in [-0.4, -0.2) is 27.5 Å². The van der Waals surface area contributed by atoms with Crippen molar-refractivity contribution in [1.82, 2.24) is 9.78 Å². The van der Waals surface area contributed by atoms with Crippen molar-refractivity contribution in [3.63, 3.8) is 0 Å². The molecule has 1 heterocycles. The van der Waals surface area contributed by atoms with Gasteiger partial charge in [0.2, 0.25) is 0 Å². The smallest absolute Gasteiger partial charge is 0.354 e. The molecule has 0 aliphatic carbocycles. The highest BCUT2D eigenvalue weighted by molar-refractivity contribution is 5.87. The van der Waals surface area contributed by atoms with Crippen LogP contribution in [0, 0.1) is 13.8 Å². The van der Waals surface area contributed by atoms with E-state index in [0.29, 0.717) is 18.8 Å². The lowest BCUT2D eigenvalue weighted by Gasteiger charge is -2.11. The van der Waals surface area contributed by atoms with E-state index >= 15 is 0 Å². The fraction of sp³-hybridized carbons (Fsp3) is 0.375. The molecular formula is C16H20N2O3. The van der Waals surface area contributed by atoms with Gasteiger partial charge >= 0.3 is 5.97 Å². The Balaban J connectivity index is 2.52. The van der Waals surface area contributed by atoms with Crippen LogP contribution in [0.25, 0.3) is 11.3 Å². The second kappa shape index (κ2) is 5.99. The second-order valence-corrected chi connectivity index (χ2v) is 4.90. The molecule has 0 bridgehead atoms. The molecule has 2 rings (SSSR count). The molecule has 21 heavy (non-hydrogen) atoms. The maximum atomic E-state index is 11.2. The number of hydrogen-bond donors (Lipinski definition) is 1. The number of carboxylic acids is 1. The second-order valence-electron chi connectivity index (χ2n) is 4.90. The molecule has 5 nitrogen and oxygen atoms in total. The Labute approximate surface area is 124 Å². The summed E-state index contributed by atoms with van der Waals surface area (Å²) in [5.41, 5.74) is 3.85. The minimum atomic E-state index is -0.962. The van der Waals surface area contributed by atoms with Gasteiger partial charge in [-0.3, -0.25) is 4.68 Å². The molecule has 1 aromatic carbocycles. The fourth-order valence-electron chi connectivity index (χ4n) is 2.34. The van der Waals surface area contributed by atoms with Crippen LogP contribution in [0.2, 0.25) is 0 Å². The zero-order valence-electron chi connectivity index (χ0n) is 12.8. The number of aromatic nitrogens is 2. The van der Waals surface area contributed by atoms with Crippen molar-refractivity contribution in [1.29, 1.82) is 0 Å². The van der Waals surface area contributed by atoms with Crippen molar-refractivity contribution in [3.8, 4) is 17.0 Å². The molecule has 0 atom stereocenters. The van der Waals surface area contributed by atoms with Gasteiger partial charge in [-0.2, -0.15) is 5.10 Å². The minimum absolute atomic E-state index is 0.207. The number of aryl methyl sites for hydroxylation is 3. The lowest BCUT2D eigenvalue weighted by molar-refractivity contribution is 0.0683. The first kappa shape index (κ1) is 15.1. The molecule has 0 aliphatic rings. The van der Waals surface area contributed by atoms with Crippen LogP contribution < -0.4 is 4.74 Å². The first-order valence-corrected chi connectivity index (χ1v) is 7.03. The van der Waals surface area contributed by atoms with Crippen molar-refractivity contribution in [2.45, 2.75) is 34.2 Å². The molecule has 112 valence electrons. The number of benzene rings is 1. The van der Waals surface area contributed by atoms with Crippen LogP contribution in [-0.2, 0) is 6.54 Å². The maximum Gasteiger partial charge on any atom is 0.354 e. The SMILES string of the molecule is CCOc1cc(C)c(-c2cc(C(=O)O)n(CC)n2)cc1C. The molecule has 0 aliphatic heterocycles. The van der Waals surface area contributed by atoms with Crippen molar-refractivity contribution >= 4 is 5.97 Å². The molecule has 1 N–H and O–H groups in total. The largest absolute Gasteiger partial charge is 0.494 e.